The number of nitrogens with one attached hydrogen (secondary N) is 2. The Morgan fingerprint density at radius 3 is 2.75 bits per heavy atom. The SMILES string of the molecule is CNc1ccc2[nH]c(-c3ccc(OC)c(O)c3)nc2n1. The fraction of sp³-hybridized carbons (Fsp3) is 0.143. The smallest absolute Gasteiger partial charge is 0.180 e. The van der Waals surface area contributed by atoms with Crippen molar-refractivity contribution in [3.8, 4) is 22.9 Å². The van der Waals surface area contributed by atoms with E-state index in [1.54, 1.807) is 12.1 Å². The maximum absolute atomic E-state index is 9.82. The lowest BCUT2D eigenvalue weighted by Gasteiger charge is -2.04. The number of imidazole rings is 1. The average Bonchev–Trinajstić information content (AvgIpc) is 2.89. The van der Waals surface area contributed by atoms with Crippen LogP contribution in [0.1, 0.15) is 0 Å². The van der Waals surface area contributed by atoms with Crippen LogP contribution < -0.4 is 10.1 Å². The second-order valence-electron chi connectivity index (χ2n) is 4.29. The third-order valence-corrected chi connectivity index (χ3v) is 3.05. The van der Waals surface area contributed by atoms with E-state index in [-0.39, 0.29) is 5.75 Å². The van der Waals surface area contributed by atoms with E-state index in [1.807, 2.05) is 25.2 Å². The number of anilines is 1. The summed E-state index contributed by atoms with van der Waals surface area (Å²) in [6.45, 7) is 0. The number of pyridine rings is 1. The van der Waals surface area contributed by atoms with Crippen LogP contribution in [0.2, 0.25) is 0 Å². The lowest BCUT2D eigenvalue weighted by molar-refractivity contribution is 0.373. The lowest BCUT2D eigenvalue weighted by Crippen LogP contribution is -1.91. The van der Waals surface area contributed by atoms with Crippen molar-refractivity contribution in [2.45, 2.75) is 0 Å². The normalized spacial score (nSPS) is 10.7. The Morgan fingerprint density at radius 1 is 1.20 bits per heavy atom. The van der Waals surface area contributed by atoms with E-state index in [0.717, 1.165) is 16.9 Å². The third kappa shape index (κ3) is 2.01. The van der Waals surface area contributed by atoms with Crippen LogP contribution in [0.4, 0.5) is 5.82 Å². The number of aromatic amines is 1. The quantitative estimate of drug-likeness (QED) is 0.680. The van der Waals surface area contributed by atoms with Gasteiger partial charge in [-0.3, -0.25) is 0 Å². The summed E-state index contributed by atoms with van der Waals surface area (Å²) in [5.41, 5.74) is 2.24. The van der Waals surface area contributed by atoms with Crippen LogP contribution in [0.5, 0.6) is 11.5 Å². The van der Waals surface area contributed by atoms with E-state index < -0.39 is 0 Å². The Morgan fingerprint density at radius 2 is 2.05 bits per heavy atom. The van der Waals surface area contributed by atoms with E-state index in [9.17, 15) is 5.11 Å². The highest BCUT2D eigenvalue weighted by Gasteiger charge is 2.09. The topological polar surface area (TPSA) is 83.1 Å². The number of ether oxygens (including phenoxy) is 1. The standard InChI is InChI=1S/C14H14N4O2/c1-15-12-6-4-9-14(17-12)18-13(16-9)8-3-5-11(20-2)10(19)7-8/h3-7,19H,1-2H3,(H2,15,16,17,18). The minimum Gasteiger partial charge on any atom is -0.504 e. The predicted molar refractivity (Wildman–Crippen MR) is 77.1 cm³/mol. The first-order chi connectivity index (χ1) is 9.71. The first-order valence-corrected chi connectivity index (χ1v) is 6.13. The molecule has 6 nitrogen and oxygen atoms in total. The fourth-order valence-corrected chi connectivity index (χ4v) is 2.01. The Kier molecular flexibility index (Phi) is 2.90. The van der Waals surface area contributed by atoms with E-state index >= 15 is 0 Å². The van der Waals surface area contributed by atoms with Gasteiger partial charge in [-0.1, -0.05) is 0 Å². The third-order valence-electron chi connectivity index (χ3n) is 3.05. The van der Waals surface area contributed by atoms with Crippen molar-refractivity contribution in [3.63, 3.8) is 0 Å². The van der Waals surface area contributed by atoms with Gasteiger partial charge in [0, 0.05) is 12.6 Å². The molecule has 0 bridgehead atoms. The van der Waals surface area contributed by atoms with Crippen LogP contribution in [0.15, 0.2) is 30.3 Å². The van der Waals surface area contributed by atoms with Gasteiger partial charge in [0.15, 0.2) is 17.1 Å². The summed E-state index contributed by atoms with van der Waals surface area (Å²) in [7, 11) is 3.32. The number of rotatable bonds is 3. The van der Waals surface area contributed by atoms with Gasteiger partial charge in [0.25, 0.3) is 0 Å². The van der Waals surface area contributed by atoms with Crippen molar-refractivity contribution in [1.29, 1.82) is 0 Å². The van der Waals surface area contributed by atoms with Gasteiger partial charge in [0.1, 0.15) is 11.6 Å². The molecule has 0 aliphatic heterocycles. The largest absolute Gasteiger partial charge is 0.504 e. The van der Waals surface area contributed by atoms with Gasteiger partial charge in [-0.2, -0.15) is 0 Å². The second kappa shape index (κ2) is 4.73. The summed E-state index contributed by atoms with van der Waals surface area (Å²) in [4.78, 5) is 12.0. The molecule has 0 atom stereocenters. The molecule has 0 aliphatic rings. The molecule has 102 valence electrons. The number of methoxy groups -OCH3 is 1. The number of phenols is 1. The Labute approximate surface area is 115 Å². The number of aromatic hydroxyl groups is 1. The second-order valence-corrected chi connectivity index (χ2v) is 4.29. The summed E-state index contributed by atoms with van der Waals surface area (Å²) < 4.78 is 5.02. The predicted octanol–water partition coefficient (Wildman–Crippen LogP) is 2.38. The minimum absolute atomic E-state index is 0.0781. The van der Waals surface area contributed by atoms with Gasteiger partial charge in [0.05, 0.1) is 12.6 Å². The Bertz CT molecular complexity index is 767. The lowest BCUT2D eigenvalue weighted by atomic mass is 10.2. The maximum Gasteiger partial charge on any atom is 0.180 e. The maximum atomic E-state index is 9.82. The van der Waals surface area contributed by atoms with Gasteiger partial charge >= 0.3 is 0 Å². The molecule has 0 saturated heterocycles. The molecule has 1 aromatic carbocycles. The number of aromatic nitrogens is 3. The van der Waals surface area contributed by atoms with E-state index in [0.29, 0.717) is 17.2 Å². The number of hydrogen-bond donors (Lipinski definition) is 3. The van der Waals surface area contributed by atoms with E-state index in [2.05, 4.69) is 20.3 Å². The van der Waals surface area contributed by atoms with Gasteiger partial charge in [-0.25, -0.2) is 9.97 Å². The number of fused-ring (bicyclic) bond motifs is 1. The van der Waals surface area contributed by atoms with Crippen LogP contribution >= 0.6 is 0 Å². The van der Waals surface area contributed by atoms with Crippen molar-refractivity contribution in [2.75, 3.05) is 19.5 Å². The summed E-state index contributed by atoms with van der Waals surface area (Å²) in [6.07, 6.45) is 0. The van der Waals surface area contributed by atoms with Crippen molar-refractivity contribution in [1.82, 2.24) is 15.0 Å². The fourth-order valence-electron chi connectivity index (χ4n) is 2.01. The molecular formula is C14H14N4O2. The number of hydrogen-bond acceptors (Lipinski definition) is 5. The summed E-state index contributed by atoms with van der Waals surface area (Å²) in [5.74, 6) is 1.92. The first kappa shape index (κ1) is 12.3. The average molecular weight is 270 g/mol. The van der Waals surface area contributed by atoms with Crippen molar-refractivity contribution < 1.29 is 9.84 Å². The molecule has 0 aliphatic carbocycles. The molecule has 0 fully saturated rings. The van der Waals surface area contributed by atoms with Gasteiger partial charge in [-0.15, -0.1) is 0 Å². The monoisotopic (exact) mass is 270 g/mol. The summed E-state index contributed by atoms with van der Waals surface area (Å²) >= 11 is 0. The molecule has 0 amide bonds. The molecule has 0 unspecified atom stereocenters. The molecule has 3 rings (SSSR count). The molecule has 20 heavy (non-hydrogen) atoms. The zero-order valence-corrected chi connectivity index (χ0v) is 11.1. The molecule has 0 saturated carbocycles. The number of H-pyrrole nitrogens is 1. The summed E-state index contributed by atoms with van der Waals surface area (Å²) in [5, 5.41) is 12.8. The highest BCUT2D eigenvalue weighted by molar-refractivity contribution is 5.78. The van der Waals surface area contributed by atoms with Crippen molar-refractivity contribution in [3.05, 3.63) is 30.3 Å². The molecule has 6 heteroatoms. The molecule has 2 aromatic heterocycles. The molecular weight excluding hydrogens is 256 g/mol. The van der Waals surface area contributed by atoms with Crippen LogP contribution in [0.3, 0.4) is 0 Å². The number of nitrogens with zero attached hydrogens (tertiary/aromatic N) is 2. The summed E-state index contributed by atoms with van der Waals surface area (Å²) in [6, 6.07) is 8.92. The highest BCUT2D eigenvalue weighted by Crippen LogP contribution is 2.30. The molecule has 3 aromatic rings. The van der Waals surface area contributed by atoms with Gasteiger partial charge in [0.2, 0.25) is 0 Å². The zero-order chi connectivity index (χ0) is 14.1. The van der Waals surface area contributed by atoms with Gasteiger partial charge in [-0.05, 0) is 30.3 Å². The van der Waals surface area contributed by atoms with Crippen molar-refractivity contribution in [2.24, 2.45) is 0 Å². The molecule has 2 heterocycles. The number of phenolic OH excluding ortho intramolecular Hbond substituents is 1. The Balaban J connectivity index is 2.07. The zero-order valence-electron chi connectivity index (χ0n) is 11.1. The minimum atomic E-state index is 0.0781. The van der Waals surface area contributed by atoms with Crippen LogP contribution in [-0.4, -0.2) is 34.2 Å². The molecule has 3 N–H and O–H groups in total. The van der Waals surface area contributed by atoms with E-state index in [4.69, 9.17) is 4.74 Å². The van der Waals surface area contributed by atoms with E-state index in [1.165, 1.54) is 7.11 Å². The van der Waals surface area contributed by atoms with Crippen molar-refractivity contribution >= 4 is 17.0 Å². The molecule has 0 spiro atoms. The van der Waals surface area contributed by atoms with Crippen LogP contribution in [-0.2, 0) is 0 Å². The first-order valence-electron chi connectivity index (χ1n) is 6.13. The number of benzene rings is 1. The highest BCUT2D eigenvalue weighted by atomic mass is 16.5. The van der Waals surface area contributed by atoms with Gasteiger partial charge < -0.3 is 20.1 Å². The molecule has 0 radical (unpaired) electrons. The van der Waals surface area contributed by atoms with Crippen LogP contribution in [0.25, 0.3) is 22.6 Å². The Hall–Kier alpha value is -2.76. The van der Waals surface area contributed by atoms with Crippen LogP contribution in [0, 0.1) is 0 Å².